The number of carbonyl (C=O) groups is 1. The summed E-state index contributed by atoms with van der Waals surface area (Å²) in [5, 5.41) is 0.786. The molecule has 5 N–H and O–H groups in total. The zero-order valence-electron chi connectivity index (χ0n) is 10.1. The molecule has 0 saturated carbocycles. The van der Waals surface area contributed by atoms with Crippen LogP contribution in [0.1, 0.15) is 15.9 Å². The lowest BCUT2D eigenvalue weighted by Crippen LogP contribution is -2.03. The summed E-state index contributed by atoms with van der Waals surface area (Å²) in [5.74, 6) is -0.127. The zero-order chi connectivity index (χ0) is 13.4. The second-order valence-electron chi connectivity index (χ2n) is 4.34. The highest BCUT2D eigenvalue weighted by Crippen LogP contribution is 2.22. The topological polar surface area (TPSA) is 97.8 Å². The minimum Gasteiger partial charge on any atom is -0.399 e. The van der Waals surface area contributed by atoms with Gasteiger partial charge in [0.2, 0.25) is 0 Å². The van der Waals surface area contributed by atoms with Crippen molar-refractivity contribution in [2.45, 2.75) is 0 Å². The molecule has 0 saturated heterocycles. The largest absolute Gasteiger partial charge is 0.399 e. The van der Waals surface area contributed by atoms with Crippen molar-refractivity contribution >= 4 is 28.1 Å². The Labute approximate surface area is 109 Å². The van der Waals surface area contributed by atoms with Crippen LogP contribution in [-0.2, 0) is 0 Å². The van der Waals surface area contributed by atoms with Gasteiger partial charge < -0.3 is 16.5 Å². The van der Waals surface area contributed by atoms with Crippen LogP contribution in [0, 0.1) is 0 Å². The van der Waals surface area contributed by atoms with Gasteiger partial charge in [0.25, 0.3) is 0 Å². The number of benzene rings is 1. The highest BCUT2D eigenvalue weighted by atomic mass is 16.1. The van der Waals surface area contributed by atoms with E-state index < -0.39 is 0 Å². The molecule has 0 aliphatic carbocycles. The molecule has 94 valence electrons. The number of aromatic amines is 1. The molecule has 5 nitrogen and oxygen atoms in total. The fourth-order valence-electron chi connectivity index (χ4n) is 2.11. The Bertz CT molecular complexity index is 756. The van der Waals surface area contributed by atoms with Crippen molar-refractivity contribution in [3.05, 3.63) is 54.0 Å². The summed E-state index contributed by atoms with van der Waals surface area (Å²) in [6.45, 7) is 0. The number of rotatable bonds is 2. The number of nitrogens with zero attached hydrogens (tertiary/aromatic N) is 1. The lowest BCUT2D eigenvalue weighted by Gasteiger charge is -2.03. The standard InChI is InChI=1S/C14H12N4O/c15-9-3-8(4-10(16)5-9)14(19)12-7-18-13-1-2-17-6-11(12)13/h1-7,18H,15-16H2. The highest BCUT2D eigenvalue weighted by molar-refractivity contribution is 6.16. The van der Waals surface area contributed by atoms with Gasteiger partial charge in [-0.25, -0.2) is 0 Å². The summed E-state index contributed by atoms with van der Waals surface area (Å²) in [5.41, 5.74) is 14.3. The molecule has 2 aromatic heterocycles. The van der Waals surface area contributed by atoms with Gasteiger partial charge in [0, 0.05) is 52.0 Å². The lowest BCUT2D eigenvalue weighted by atomic mass is 10.0. The number of hydrogen-bond donors (Lipinski definition) is 3. The number of fused-ring (bicyclic) bond motifs is 1. The maximum absolute atomic E-state index is 12.5. The number of ketones is 1. The van der Waals surface area contributed by atoms with Crippen LogP contribution in [0.5, 0.6) is 0 Å². The molecule has 0 unspecified atom stereocenters. The highest BCUT2D eigenvalue weighted by Gasteiger charge is 2.15. The van der Waals surface area contributed by atoms with Crippen molar-refractivity contribution in [2.75, 3.05) is 11.5 Å². The molecule has 2 heterocycles. The maximum Gasteiger partial charge on any atom is 0.195 e. The smallest absolute Gasteiger partial charge is 0.195 e. The maximum atomic E-state index is 12.5. The van der Waals surface area contributed by atoms with Gasteiger partial charge in [0.15, 0.2) is 5.78 Å². The minimum atomic E-state index is -0.127. The number of pyridine rings is 1. The Morgan fingerprint density at radius 3 is 2.63 bits per heavy atom. The number of nitrogens with one attached hydrogen (secondary N) is 1. The van der Waals surface area contributed by atoms with Crippen molar-refractivity contribution in [2.24, 2.45) is 0 Å². The van der Waals surface area contributed by atoms with Gasteiger partial charge in [-0.15, -0.1) is 0 Å². The van der Waals surface area contributed by atoms with Crippen LogP contribution in [0.2, 0.25) is 0 Å². The van der Waals surface area contributed by atoms with Gasteiger partial charge in [-0.2, -0.15) is 0 Å². The first kappa shape index (κ1) is 11.3. The Hall–Kier alpha value is -2.82. The molecule has 1 aromatic carbocycles. The SMILES string of the molecule is Nc1cc(N)cc(C(=O)c2c[nH]c3ccncc23)c1. The van der Waals surface area contributed by atoms with Gasteiger partial charge in [0.05, 0.1) is 0 Å². The fraction of sp³-hybridized carbons (Fsp3) is 0. The van der Waals surface area contributed by atoms with Gasteiger partial charge in [-0.05, 0) is 24.3 Å². The number of hydrogen-bond acceptors (Lipinski definition) is 4. The van der Waals surface area contributed by atoms with Gasteiger partial charge in [-0.1, -0.05) is 0 Å². The summed E-state index contributed by atoms with van der Waals surface area (Å²) in [7, 11) is 0. The van der Waals surface area contributed by atoms with Crippen molar-refractivity contribution in [3.63, 3.8) is 0 Å². The van der Waals surface area contributed by atoms with Crippen LogP contribution in [0.25, 0.3) is 10.9 Å². The average Bonchev–Trinajstić information content (AvgIpc) is 2.80. The Morgan fingerprint density at radius 1 is 1.16 bits per heavy atom. The molecule has 0 bridgehead atoms. The summed E-state index contributed by atoms with van der Waals surface area (Å²) in [6, 6.07) is 6.68. The average molecular weight is 252 g/mol. The second kappa shape index (κ2) is 4.13. The second-order valence-corrected chi connectivity index (χ2v) is 4.34. The molecule has 0 radical (unpaired) electrons. The van der Waals surface area contributed by atoms with E-state index in [1.807, 2.05) is 6.07 Å². The van der Waals surface area contributed by atoms with Crippen LogP contribution >= 0.6 is 0 Å². The number of H-pyrrole nitrogens is 1. The quantitative estimate of drug-likeness (QED) is 0.479. The van der Waals surface area contributed by atoms with E-state index in [1.165, 1.54) is 0 Å². The third kappa shape index (κ3) is 1.91. The van der Waals surface area contributed by atoms with E-state index in [1.54, 1.807) is 36.8 Å². The molecule has 3 aromatic rings. The first-order valence-corrected chi connectivity index (χ1v) is 5.77. The Morgan fingerprint density at radius 2 is 1.89 bits per heavy atom. The number of aromatic nitrogens is 2. The van der Waals surface area contributed by atoms with E-state index in [0.717, 1.165) is 10.9 Å². The van der Waals surface area contributed by atoms with Crippen molar-refractivity contribution in [1.82, 2.24) is 9.97 Å². The van der Waals surface area contributed by atoms with Crippen LogP contribution in [0.4, 0.5) is 11.4 Å². The van der Waals surface area contributed by atoms with Crippen molar-refractivity contribution in [3.8, 4) is 0 Å². The van der Waals surface area contributed by atoms with E-state index in [9.17, 15) is 4.79 Å². The van der Waals surface area contributed by atoms with E-state index in [2.05, 4.69) is 9.97 Å². The third-order valence-corrected chi connectivity index (χ3v) is 2.97. The minimum absolute atomic E-state index is 0.127. The number of nitrogens with two attached hydrogens (primary N) is 2. The molecule has 0 aliphatic rings. The number of nitrogen functional groups attached to an aromatic ring is 2. The molecule has 0 aliphatic heterocycles. The summed E-state index contributed by atoms with van der Waals surface area (Å²) >= 11 is 0. The molecular formula is C14H12N4O. The summed E-state index contributed by atoms with van der Waals surface area (Å²) in [4.78, 5) is 19.5. The van der Waals surface area contributed by atoms with Crippen LogP contribution in [-0.4, -0.2) is 15.8 Å². The van der Waals surface area contributed by atoms with Gasteiger partial charge >= 0.3 is 0 Å². The first-order chi connectivity index (χ1) is 9.15. The molecular weight excluding hydrogens is 240 g/mol. The number of carbonyl (C=O) groups excluding carboxylic acids is 1. The summed E-state index contributed by atoms with van der Waals surface area (Å²) < 4.78 is 0. The molecule has 0 amide bonds. The van der Waals surface area contributed by atoms with Gasteiger partial charge in [0.1, 0.15) is 0 Å². The summed E-state index contributed by atoms with van der Waals surface area (Å²) in [6.07, 6.45) is 5.01. The Kier molecular flexibility index (Phi) is 2.45. The van der Waals surface area contributed by atoms with Crippen LogP contribution in [0.15, 0.2) is 42.9 Å². The van der Waals surface area contributed by atoms with Crippen LogP contribution in [0.3, 0.4) is 0 Å². The van der Waals surface area contributed by atoms with E-state index >= 15 is 0 Å². The lowest BCUT2D eigenvalue weighted by molar-refractivity contribution is 0.104. The molecule has 5 heteroatoms. The predicted octanol–water partition coefficient (Wildman–Crippen LogP) is 1.96. The number of anilines is 2. The molecule has 0 atom stereocenters. The normalized spacial score (nSPS) is 10.7. The first-order valence-electron chi connectivity index (χ1n) is 5.77. The third-order valence-electron chi connectivity index (χ3n) is 2.97. The Balaban J connectivity index is 2.13. The predicted molar refractivity (Wildman–Crippen MR) is 74.8 cm³/mol. The molecule has 0 spiro atoms. The molecule has 0 fully saturated rings. The van der Waals surface area contributed by atoms with Crippen LogP contribution < -0.4 is 11.5 Å². The fourth-order valence-corrected chi connectivity index (χ4v) is 2.11. The molecule has 19 heavy (non-hydrogen) atoms. The van der Waals surface area contributed by atoms with Gasteiger partial charge in [-0.3, -0.25) is 9.78 Å². The zero-order valence-corrected chi connectivity index (χ0v) is 10.1. The molecule has 3 rings (SSSR count). The van der Waals surface area contributed by atoms with E-state index in [-0.39, 0.29) is 5.78 Å². The van der Waals surface area contributed by atoms with Crippen molar-refractivity contribution < 1.29 is 4.79 Å². The van der Waals surface area contributed by atoms with E-state index in [0.29, 0.717) is 22.5 Å². The van der Waals surface area contributed by atoms with E-state index in [4.69, 9.17) is 11.5 Å². The van der Waals surface area contributed by atoms with Crippen molar-refractivity contribution in [1.29, 1.82) is 0 Å². The monoisotopic (exact) mass is 252 g/mol.